The van der Waals surface area contributed by atoms with Gasteiger partial charge in [0.15, 0.2) is 0 Å². The Hall–Kier alpha value is -2.14. The van der Waals surface area contributed by atoms with E-state index in [0.717, 1.165) is 22.9 Å². The van der Waals surface area contributed by atoms with Crippen molar-refractivity contribution in [1.82, 2.24) is 5.32 Å². The zero-order valence-corrected chi connectivity index (χ0v) is 14.1. The van der Waals surface area contributed by atoms with Gasteiger partial charge in [-0.3, -0.25) is 9.59 Å². The number of benzene rings is 2. The van der Waals surface area contributed by atoms with Crippen LogP contribution in [0.3, 0.4) is 0 Å². The number of nitrogens with two attached hydrogens (primary N) is 1. The molecule has 3 rings (SSSR count). The monoisotopic (exact) mass is 372 g/mol. The Balaban J connectivity index is 1.73. The van der Waals surface area contributed by atoms with Crippen LogP contribution in [0.25, 0.3) is 0 Å². The molecule has 0 unspecified atom stereocenters. The molecule has 118 valence electrons. The van der Waals surface area contributed by atoms with Gasteiger partial charge in [0.1, 0.15) is 0 Å². The Morgan fingerprint density at radius 2 is 1.74 bits per heavy atom. The van der Waals surface area contributed by atoms with Gasteiger partial charge in [-0.25, -0.2) is 0 Å². The molecule has 0 heterocycles. The summed E-state index contributed by atoms with van der Waals surface area (Å²) in [5.41, 5.74) is 7.26. The topological polar surface area (TPSA) is 72.2 Å². The largest absolute Gasteiger partial charge is 0.366 e. The first-order chi connectivity index (χ1) is 11.0. The molecule has 2 aromatic carbocycles. The second-order valence-electron chi connectivity index (χ2n) is 5.84. The number of hydrogen-bond acceptors (Lipinski definition) is 2. The molecular formula is C18H17BrN2O2. The number of nitrogens with one attached hydrogen (secondary N) is 1. The molecule has 0 spiro atoms. The first-order valence-corrected chi connectivity index (χ1v) is 8.24. The maximum atomic E-state index is 12.4. The molecule has 0 radical (unpaired) electrons. The molecule has 2 amide bonds. The predicted molar refractivity (Wildman–Crippen MR) is 91.9 cm³/mol. The van der Waals surface area contributed by atoms with E-state index in [1.807, 2.05) is 24.3 Å². The van der Waals surface area contributed by atoms with Gasteiger partial charge in [0.05, 0.1) is 12.0 Å². The van der Waals surface area contributed by atoms with Gasteiger partial charge in [0, 0.05) is 10.0 Å². The fourth-order valence-electron chi connectivity index (χ4n) is 2.78. The molecule has 0 aliphatic heterocycles. The van der Waals surface area contributed by atoms with Gasteiger partial charge in [-0.15, -0.1) is 0 Å². The van der Waals surface area contributed by atoms with Crippen molar-refractivity contribution in [2.75, 3.05) is 0 Å². The van der Waals surface area contributed by atoms with Gasteiger partial charge in [0.2, 0.25) is 11.8 Å². The van der Waals surface area contributed by atoms with E-state index < -0.39 is 5.91 Å². The van der Waals surface area contributed by atoms with E-state index in [-0.39, 0.29) is 17.9 Å². The maximum Gasteiger partial charge on any atom is 0.248 e. The third kappa shape index (κ3) is 3.45. The highest BCUT2D eigenvalue weighted by Gasteiger charge is 2.45. The third-order valence-electron chi connectivity index (χ3n) is 4.16. The van der Waals surface area contributed by atoms with Gasteiger partial charge in [-0.05, 0) is 42.2 Å². The molecule has 1 fully saturated rings. The molecule has 0 aromatic heterocycles. The summed E-state index contributed by atoms with van der Waals surface area (Å²) in [6, 6.07) is 14.9. The van der Waals surface area contributed by atoms with Crippen molar-refractivity contribution in [3.8, 4) is 0 Å². The molecule has 1 saturated carbocycles. The van der Waals surface area contributed by atoms with Gasteiger partial charge in [-0.2, -0.15) is 0 Å². The number of amides is 2. The molecular weight excluding hydrogens is 356 g/mol. The standard InChI is InChI=1S/C18H17BrN2O2/c19-14-7-5-13(6-8-14)18(9-10-18)21-16(22)11-12-3-1-2-4-15(12)17(20)23/h1-8H,9-11H2,(H2,20,23)(H,21,22). The number of primary amides is 1. The molecule has 0 bridgehead atoms. The van der Waals surface area contributed by atoms with Crippen LogP contribution in [-0.4, -0.2) is 11.8 Å². The highest BCUT2D eigenvalue weighted by atomic mass is 79.9. The molecule has 2 aromatic rings. The van der Waals surface area contributed by atoms with Crippen LogP contribution in [0.5, 0.6) is 0 Å². The Morgan fingerprint density at radius 3 is 2.35 bits per heavy atom. The number of rotatable bonds is 5. The third-order valence-corrected chi connectivity index (χ3v) is 4.69. The van der Waals surface area contributed by atoms with Crippen LogP contribution in [-0.2, 0) is 16.8 Å². The lowest BCUT2D eigenvalue weighted by molar-refractivity contribution is -0.121. The van der Waals surface area contributed by atoms with Gasteiger partial charge < -0.3 is 11.1 Å². The average molecular weight is 373 g/mol. The Kier molecular flexibility index (Phi) is 4.22. The minimum absolute atomic E-state index is 0.0980. The van der Waals surface area contributed by atoms with Crippen molar-refractivity contribution in [1.29, 1.82) is 0 Å². The number of carbonyl (C=O) groups excluding carboxylic acids is 2. The van der Waals surface area contributed by atoms with E-state index in [9.17, 15) is 9.59 Å². The minimum Gasteiger partial charge on any atom is -0.366 e. The second kappa shape index (κ2) is 6.16. The molecule has 1 aliphatic rings. The fourth-order valence-corrected chi connectivity index (χ4v) is 3.04. The van der Waals surface area contributed by atoms with E-state index >= 15 is 0 Å². The summed E-state index contributed by atoms with van der Waals surface area (Å²) in [4.78, 5) is 23.9. The summed E-state index contributed by atoms with van der Waals surface area (Å²) in [5, 5.41) is 3.11. The van der Waals surface area contributed by atoms with Gasteiger partial charge >= 0.3 is 0 Å². The van der Waals surface area contributed by atoms with E-state index in [0.29, 0.717) is 11.1 Å². The molecule has 0 atom stereocenters. The molecule has 1 aliphatic carbocycles. The van der Waals surface area contributed by atoms with Crippen molar-refractivity contribution in [3.63, 3.8) is 0 Å². The Bertz CT molecular complexity index is 752. The van der Waals surface area contributed by atoms with Crippen molar-refractivity contribution in [2.45, 2.75) is 24.8 Å². The number of halogens is 1. The summed E-state index contributed by atoms with van der Waals surface area (Å²) >= 11 is 3.42. The highest BCUT2D eigenvalue weighted by molar-refractivity contribution is 9.10. The van der Waals surface area contributed by atoms with E-state index in [2.05, 4.69) is 21.2 Å². The van der Waals surface area contributed by atoms with E-state index in [1.165, 1.54) is 0 Å². The lowest BCUT2D eigenvalue weighted by Gasteiger charge is -2.18. The van der Waals surface area contributed by atoms with Crippen LogP contribution in [0.15, 0.2) is 53.0 Å². The van der Waals surface area contributed by atoms with E-state index in [4.69, 9.17) is 5.73 Å². The van der Waals surface area contributed by atoms with Crippen molar-refractivity contribution in [2.24, 2.45) is 5.73 Å². The minimum atomic E-state index is -0.512. The SMILES string of the molecule is NC(=O)c1ccccc1CC(=O)NC1(c2ccc(Br)cc2)CC1. The summed E-state index contributed by atoms with van der Waals surface area (Å²) in [6.07, 6.45) is 2.01. The normalized spacial score (nSPS) is 15.0. The smallest absolute Gasteiger partial charge is 0.248 e. The quantitative estimate of drug-likeness (QED) is 0.846. The van der Waals surface area contributed by atoms with Crippen LogP contribution in [0.4, 0.5) is 0 Å². The first kappa shape index (κ1) is 15.7. The summed E-state index contributed by atoms with van der Waals surface area (Å²) in [5.74, 6) is -0.610. The molecule has 3 N–H and O–H groups in total. The zero-order chi connectivity index (χ0) is 16.4. The Labute approximate surface area is 143 Å². The number of carbonyl (C=O) groups is 2. The van der Waals surface area contributed by atoms with Crippen LogP contribution in [0, 0.1) is 0 Å². The molecule has 5 heteroatoms. The van der Waals surface area contributed by atoms with Gasteiger partial charge in [-0.1, -0.05) is 46.3 Å². The first-order valence-electron chi connectivity index (χ1n) is 7.45. The van der Waals surface area contributed by atoms with E-state index in [1.54, 1.807) is 24.3 Å². The average Bonchev–Trinajstić information content (AvgIpc) is 3.28. The van der Waals surface area contributed by atoms with Crippen molar-refractivity contribution in [3.05, 3.63) is 69.7 Å². The summed E-state index contributed by atoms with van der Waals surface area (Å²) in [6.45, 7) is 0. The fraction of sp³-hybridized carbons (Fsp3) is 0.222. The van der Waals surface area contributed by atoms with Crippen LogP contribution in [0.1, 0.15) is 34.3 Å². The highest BCUT2D eigenvalue weighted by Crippen LogP contribution is 2.45. The van der Waals surface area contributed by atoms with Crippen LogP contribution in [0.2, 0.25) is 0 Å². The number of hydrogen-bond donors (Lipinski definition) is 2. The lowest BCUT2D eigenvalue weighted by Crippen LogP contribution is -2.36. The molecule has 4 nitrogen and oxygen atoms in total. The molecule has 0 saturated heterocycles. The summed E-state index contributed by atoms with van der Waals surface area (Å²) < 4.78 is 1.01. The predicted octanol–water partition coefficient (Wildman–Crippen LogP) is 2.90. The lowest BCUT2D eigenvalue weighted by atomic mass is 10.0. The zero-order valence-electron chi connectivity index (χ0n) is 12.5. The van der Waals surface area contributed by atoms with Crippen LogP contribution < -0.4 is 11.1 Å². The maximum absolute atomic E-state index is 12.4. The van der Waals surface area contributed by atoms with Crippen LogP contribution >= 0.6 is 15.9 Å². The van der Waals surface area contributed by atoms with Crippen molar-refractivity contribution >= 4 is 27.7 Å². The summed E-state index contributed by atoms with van der Waals surface area (Å²) in [7, 11) is 0. The van der Waals surface area contributed by atoms with Gasteiger partial charge in [0.25, 0.3) is 0 Å². The van der Waals surface area contributed by atoms with Crippen molar-refractivity contribution < 1.29 is 9.59 Å². The Morgan fingerprint density at radius 1 is 1.09 bits per heavy atom. The second-order valence-corrected chi connectivity index (χ2v) is 6.75. The molecule has 23 heavy (non-hydrogen) atoms.